The third kappa shape index (κ3) is 2.61. The first kappa shape index (κ1) is 9.83. The summed E-state index contributed by atoms with van der Waals surface area (Å²) in [5, 5.41) is 10.3. The van der Waals surface area contributed by atoms with Crippen molar-refractivity contribution in [1.29, 1.82) is 0 Å². The lowest BCUT2D eigenvalue weighted by molar-refractivity contribution is -0.305. The lowest BCUT2D eigenvalue weighted by atomic mass is 10.2. The van der Waals surface area contributed by atoms with Crippen LogP contribution in [0.3, 0.4) is 0 Å². The molecule has 13 heavy (non-hydrogen) atoms. The highest BCUT2D eigenvalue weighted by Gasteiger charge is 2.41. The number of carboxylic acid groups (broad SMARTS) is 1. The van der Waals surface area contributed by atoms with Gasteiger partial charge in [-0.05, 0) is 20.8 Å². The van der Waals surface area contributed by atoms with Gasteiger partial charge in [0.2, 0.25) is 0 Å². The van der Waals surface area contributed by atoms with Crippen molar-refractivity contribution in [3.63, 3.8) is 0 Å². The van der Waals surface area contributed by atoms with E-state index in [4.69, 9.17) is 4.74 Å². The molecule has 0 saturated carbocycles. The number of nitrogens with zero attached hydrogens (tertiary/aromatic N) is 1. The average Bonchev–Trinajstić information content (AvgIpc) is 2.58. The van der Waals surface area contributed by atoms with Gasteiger partial charge in [0.25, 0.3) is 0 Å². The van der Waals surface area contributed by atoms with E-state index in [1.165, 1.54) is 0 Å². The Morgan fingerprint density at radius 1 is 1.46 bits per heavy atom. The van der Waals surface area contributed by atoms with E-state index in [0.29, 0.717) is 0 Å². The molecule has 74 valence electrons. The number of carbonyl (C=O) groups excluding carboxylic acids is 2. The van der Waals surface area contributed by atoms with Crippen LogP contribution in [0.25, 0.3) is 0 Å². The van der Waals surface area contributed by atoms with E-state index in [-0.39, 0.29) is 6.54 Å². The Hall–Kier alpha value is -1.26. The van der Waals surface area contributed by atoms with E-state index >= 15 is 0 Å². The third-order valence-corrected chi connectivity index (χ3v) is 1.51. The quantitative estimate of drug-likeness (QED) is 0.510. The second kappa shape index (κ2) is 2.90. The molecule has 0 unspecified atom stereocenters. The summed E-state index contributed by atoms with van der Waals surface area (Å²) >= 11 is 0. The highest BCUT2D eigenvalue weighted by Crippen LogP contribution is 2.20. The van der Waals surface area contributed by atoms with Crippen LogP contribution in [-0.2, 0) is 9.53 Å². The fourth-order valence-corrected chi connectivity index (χ4v) is 0.863. The summed E-state index contributed by atoms with van der Waals surface area (Å²) in [7, 11) is 0. The second-order valence-corrected chi connectivity index (χ2v) is 3.97. The smallest absolute Gasteiger partial charge is 0.410 e. The molecule has 0 spiro atoms. The minimum atomic E-state index is -1.23. The zero-order chi connectivity index (χ0) is 10.2. The molecule has 1 heterocycles. The summed E-state index contributed by atoms with van der Waals surface area (Å²) in [5.41, 5.74) is -0.587. The molecule has 0 aliphatic carbocycles. The SMILES string of the molecule is CC(C)(C)OC(=O)N1C[C@H]1C(=O)[O-]. The van der Waals surface area contributed by atoms with Crippen LogP contribution >= 0.6 is 0 Å². The molecule has 0 aromatic rings. The van der Waals surface area contributed by atoms with Gasteiger partial charge in [-0.3, -0.25) is 4.90 Å². The summed E-state index contributed by atoms with van der Waals surface area (Å²) < 4.78 is 4.94. The Balaban J connectivity index is 2.40. The largest absolute Gasteiger partial charge is 0.548 e. The molecule has 1 amide bonds. The highest BCUT2D eigenvalue weighted by molar-refractivity contribution is 5.84. The molecule has 0 aromatic heterocycles. The summed E-state index contributed by atoms with van der Waals surface area (Å²) in [4.78, 5) is 22.5. The normalized spacial score (nSPS) is 21.2. The average molecular weight is 186 g/mol. The maximum atomic E-state index is 11.1. The van der Waals surface area contributed by atoms with Crippen molar-refractivity contribution >= 4 is 12.1 Å². The molecule has 0 bridgehead atoms. The summed E-state index contributed by atoms with van der Waals surface area (Å²) in [6.07, 6.45) is -0.596. The summed E-state index contributed by atoms with van der Waals surface area (Å²) in [6, 6.07) is -0.796. The number of hydrogen-bond donors (Lipinski definition) is 0. The van der Waals surface area contributed by atoms with Gasteiger partial charge < -0.3 is 14.6 Å². The maximum Gasteiger partial charge on any atom is 0.410 e. The van der Waals surface area contributed by atoms with Crippen molar-refractivity contribution in [3.05, 3.63) is 0 Å². The lowest BCUT2D eigenvalue weighted by Gasteiger charge is -2.19. The number of ether oxygens (including phenoxy) is 1. The molecule has 5 nitrogen and oxygen atoms in total. The molecule has 1 atom stereocenters. The number of carbonyl (C=O) groups is 2. The predicted molar refractivity (Wildman–Crippen MR) is 41.7 cm³/mol. The minimum absolute atomic E-state index is 0.192. The number of aliphatic carboxylic acids is 1. The molecule has 0 aromatic carbocycles. The van der Waals surface area contributed by atoms with Crippen molar-refractivity contribution in [3.8, 4) is 0 Å². The molecular weight excluding hydrogens is 174 g/mol. The van der Waals surface area contributed by atoms with Gasteiger partial charge in [-0.2, -0.15) is 0 Å². The van der Waals surface area contributed by atoms with E-state index in [1.807, 2.05) is 0 Å². The molecule has 0 N–H and O–H groups in total. The molecule has 1 aliphatic heterocycles. The summed E-state index contributed by atoms with van der Waals surface area (Å²) in [5.74, 6) is -1.23. The van der Waals surface area contributed by atoms with Crippen molar-refractivity contribution in [2.75, 3.05) is 6.54 Å². The first-order chi connectivity index (χ1) is 5.81. The number of rotatable bonds is 1. The van der Waals surface area contributed by atoms with Crippen molar-refractivity contribution in [1.82, 2.24) is 4.90 Å². The monoisotopic (exact) mass is 186 g/mol. The predicted octanol–water partition coefficient (Wildman–Crippen LogP) is -0.644. The molecule has 1 saturated heterocycles. The number of hydrogen-bond acceptors (Lipinski definition) is 4. The fraction of sp³-hybridized carbons (Fsp3) is 0.750. The molecule has 5 heteroatoms. The van der Waals surface area contributed by atoms with Gasteiger partial charge in [0.05, 0.1) is 18.6 Å². The van der Waals surface area contributed by atoms with Crippen LogP contribution in [0.2, 0.25) is 0 Å². The molecule has 1 rings (SSSR count). The van der Waals surface area contributed by atoms with Crippen LogP contribution in [0.5, 0.6) is 0 Å². The van der Waals surface area contributed by atoms with Crippen LogP contribution in [0, 0.1) is 0 Å². The number of carboxylic acids is 1. The van der Waals surface area contributed by atoms with Crippen molar-refractivity contribution in [2.45, 2.75) is 32.4 Å². The highest BCUT2D eigenvalue weighted by atomic mass is 16.6. The number of amides is 1. The Kier molecular flexibility index (Phi) is 2.19. The van der Waals surface area contributed by atoms with Gasteiger partial charge in [0.1, 0.15) is 5.60 Å². The standard InChI is InChI=1S/C8H13NO4/c1-8(2,3)13-7(12)9-4-5(9)6(10)11/h5H,4H2,1-3H3,(H,10,11)/p-1/t5-,9?/m0/s1. The lowest BCUT2D eigenvalue weighted by Crippen LogP contribution is -2.34. The molecule has 0 radical (unpaired) electrons. The van der Waals surface area contributed by atoms with E-state index in [1.54, 1.807) is 20.8 Å². The van der Waals surface area contributed by atoms with E-state index < -0.39 is 23.7 Å². The van der Waals surface area contributed by atoms with Crippen LogP contribution in [0.15, 0.2) is 0 Å². The van der Waals surface area contributed by atoms with Crippen molar-refractivity contribution in [2.24, 2.45) is 0 Å². The second-order valence-electron chi connectivity index (χ2n) is 3.97. The zero-order valence-corrected chi connectivity index (χ0v) is 7.86. The molecule has 1 fully saturated rings. The fourth-order valence-electron chi connectivity index (χ4n) is 0.863. The Morgan fingerprint density at radius 3 is 2.31 bits per heavy atom. The first-order valence-corrected chi connectivity index (χ1v) is 4.02. The molecule has 1 aliphatic rings. The van der Waals surface area contributed by atoms with Crippen molar-refractivity contribution < 1.29 is 19.4 Å². The van der Waals surface area contributed by atoms with Gasteiger partial charge in [-0.1, -0.05) is 0 Å². The Labute approximate surface area is 76.3 Å². The van der Waals surface area contributed by atoms with E-state index in [0.717, 1.165) is 4.90 Å². The van der Waals surface area contributed by atoms with Crippen LogP contribution in [0.1, 0.15) is 20.8 Å². The maximum absolute atomic E-state index is 11.1. The van der Waals surface area contributed by atoms with Gasteiger partial charge in [0, 0.05) is 0 Å². The van der Waals surface area contributed by atoms with Crippen LogP contribution in [0.4, 0.5) is 4.79 Å². The van der Waals surface area contributed by atoms with E-state index in [2.05, 4.69) is 0 Å². The van der Waals surface area contributed by atoms with Gasteiger partial charge in [0.15, 0.2) is 0 Å². The van der Waals surface area contributed by atoms with Gasteiger partial charge in [-0.25, -0.2) is 4.79 Å². The zero-order valence-electron chi connectivity index (χ0n) is 7.86. The van der Waals surface area contributed by atoms with Crippen LogP contribution in [-0.4, -0.2) is 35.2 Å². The van der Waals surface area contributed by atoms with Gasteiger partial charge >= 0.3 is 6.09 Å². The first-order valence-electron chi connectivity index (χ1n) is 4.02. The van der Waals surface area contributed by atoms with Crippen LogP contribution < -0.4 is 5.11 Å². The molecular formula is C8H12NO4-. The minimum Gasteiger partial charge on any atom is -0.548 e. The Bertz CT molecular complexity index is 243. The van der Waals surface area contributed by atoms with Gasteiger partial charge in [-0.15, -0.1) is 0 Å². The Morgan fingerprint density at radius 2 is 2.00 bits per heavy atom. The van der Waals surface area contributed by atoms with E-state index in [9.17, 15) is 14.7 Å². The topological polar surface area (TPSA) is 69.4 Å². The summed E-state index contributed by atoms with van der Waals surface area (Å²) in [6.45, 7) is 5.37. The third-order valence-electron chi connectivity index (χ3n) is 1.51.